The Morgan fingerprint density at radius 2 is 1.08 bits per heavy atom. The number of hydrogen-bond donors (Lipinski definition) is 2. The predicted octanol–water partition coefficient (Wildman–Crippen LogP) is -0.945. The van der Waals surface area contributed by atoms with Crippen molar-refractivity contribution < 1.29 is 29.2 Å². The summed E-state index contributed by atoms with van der Waals surface area (Å²) in [5, 5.41) is 19.7. The number of fused-ring (bicyclic) bond motifs is 4. The number of rotatable bonds is 2. The predicted molar refractivity (Wildman–Crippen MR) is 80.8 cm³/mol. The van der Waals surface area contributed by atoms with Gasteiger partial charge in [0, 0.05) is 0 Å². The van der Waals surface area contributed by atoms with Crippen LogP contribution in [0.4, 0.5) is 0 Å². The van der Waals surface area contributed by atoms with Crippen LogP contribution in [-0.2, 0) is 18.9 Å². The van der Waals surface area contributed by atoms with Crippen molar-refractivity contribution in [3.63, 3.8) is 0 Å². The van der Waals surface area contributed by atoms with Gasteiger partial charge in [0.2, 0.25) is 0 Å². The molecule has 1 aliphatic carbocycles. The van der Waals surface area contributed by atoms with Gasteiger partial charge in [0.05, 0.1) is 50.7 Å². The minimum atomic E-state index is -0.382. The Morgan fingerprint density at radius 3 is 1.46 bits per heavy atom. The van der Waals surface area contributed by atoms with E-state index >= 15 is 0 Å². The molecule has 1 saturated carbocycles. The SMILES string of the molecule is OC[C@]12COCN1C1(CCC3(CC1)OC[C@@]1(CO)COCN31)OC2. The molecule has 0 aromatic carbocycles. The first-order valence-corrected chi connectivity index (χ1v) is 8.84. The van der Waals surface area contributed by atoms with Gasteiger partial charge in [-0.1, -0.05) is 0 Å². The van der Waals surface area contributed by atoms with Crippen molar-refractivity contribution in [2.75, 3.05) is 53.1 Å². The highest BCUT2D eigenvalue weighted by molar-refractivity contribution is 5.11. The lowest BCUT2D eigenvalue weighted by Crippen LogP contribution is -2.61. The summed E-state index contributed by atoms with van der Waals surface area (Å²) in [7, 11) is 0. The zero-order valence-electron chi connectivity index (χ0n) is 13.9. The third-order valence-corrected chi connectivity index (χ3v) is 6.93. The molecule has 4 heterocycles. The number of hydrogen-bond acceptors (Lipinski definition) is 8. The molecule has 2 atom stereocenters. The molecule has 4 aliphatic heterocycles. The normalized spacial score (nSPS) is 51.8. The van der Waals surface area contributed by atoms with Gasteiger partial charge >= 0.3 is 0 Å². The molecule has 5 aliphatic rings. The standard InChI is InChI=1S/C16H26N2O6/c19-5-13-7-21-11-17(13)15(23-9-13)1-2-16(4-3-15)18-12-22-8-14(18,6-20)10-24-16/h19-20H,1-12H2/t13-,14-,15?,16?/m1/s1. The third-order valence-electron chi connectivity index (χ3n) is 6.93. The van der Waals surface area contributed by atoms with Crippen molar-refractivity contribution in [1.82, 2.24) is 9.80 Å². The molecule has 0 radical (unpaired) electrons. The maximum absolute atomic E-state index is 9.86. The molecule has 0 amide bonds. The first-order valence-electron chi connectivity index (χ1n) is 8.84. The first kappa shape index (κ1) is 15.9. The van der Waals surface area contributed by atoms with Crippen LogP contribution in [0.3, 0.4) is 0 Å². The summed E-state index contributed by atoms with van der Waals surface area (Å²) in [5.74, 6) is 0. The van der Waals surface area contributed by atoms with E-state index in [0.29, 0.717) is 39.9 Å². The fourth-order valence-corrected chi connectivity index (χ4v) is 5.33. The maximum atomic E-state index is 9.86. The molecule has 2 N–H and O–H groups in total. The van der Waals surface area contributed by atoms with Gasteiger partial charge in [-0.25, -0.2) is 9.80 Å². The molecule has 5 fully saturated rings. The number of ether oxygens (including phenoxy) is 4. The van der Waals surface area contributed by atoms with Crippen molar-refractivity contribution in [2.45, 2.75) is 48.2 Å². The van der Waals surface area contributed by atoms with Gasteiger partial charge < -0.3 is 29.2 Å². The Hall–Kier alpha value is -0.320. The molecule has 0 aromatic heterocycles. The fourth-order valence-electron chi connectivity index (χ4n) is 5.33. The summed E-state index contributed by atoms with van der Waals surface area (Å²) in [5.41, 5.74) is -1.49. The molecule has 4 saturated heterocycles. The van der Waals surface area contributed by atoms with Gasteiger partial charge in [-0.3, -0.25) is 0 Å². The summed E-state index contributed by atoms with van der Waals surface area (Å²) in [4.78, 5) is 4.45. The monoisotopic (exact) mass is 342 g/mol. The molecule has 0 aromatic rings. The number of nitrogens with zero attached hydrogens (tertiary/aromatic N) is 2. The molecule has 8 nitrogen and oxygen atoms in total. The second kappa shape index (κ2) is 5.11. The molecule has 136 valence electrons. The Morgan fingerprint density at radius 1 is 0.667 bits per heavy atom. The van der Waals surface area contributed by atoms with E-state index in [2.05, 4.69) is 9.80 Å². The molecule has 0 bridgehead atoms. The lowest BCUT2D eigenvalue weighted by atomic mass is 9.82. The second-order valence-corrected chi connectivity index (χ2v) is 8.05. The van der Waals surface area contributed by atoms with Crippen molar-refractivity contribution >= 4 is 0 Å². The molecular formula is C16H26N2O6. The zero-order chi connectivity index (χ0) is 16.5. The van der Waals surface area contributed by atoms with Crippen LogP contribution in [0.5, 0.6) is 0 Å². The summed E-state index contributed by atoms with van der Waals surface area (Å²) in [6, 6.07) is 0. The Labute approximate surface area is 141 Å². The van der Waals surface area contributed by atoms with E-state index in [0.717, 1.165) is 25.7 Å². The van der Waals surface area contributed by atoms with Crippen LogP contribution >= 0.6 is 0 Å². The van der Waals surface area contributed by atoms with E-state index in [1.165, 1.54) is 0 Å². The Kier molecular flexibility index (Phi) is 3.38. The second-order valence-electron chi connectivity index (χ2n) is 8.05. The van der Waals surface area contributed by atoms with Crippen molar-refractivity contribution in [2.24, 2.45) is 0 Å². The van der Waals surface area contributed by atoms with Crippen LogP contribution in [0.2, 0.25) is 0 Å². The summed E-state index contributed by atoms with van der Waals surface area (Å²) >= 11 is 0. The minimum absolute atomic E-state index is 0.0595. The van der Waals surface area contributed by atoms with E-state index in [4.69, 9.17) is 18.9 Å². The van der Waals surface area contributed by atoms with E-state index < -0.39 is 0 Å². The summed E-state index contributed by atoms with van der Waals surface area (Å²) in [6.45, 7) is 3.24. The third kappa shape index (κ3) is 1.80. The van der Waals surface area contributed by atoms with Gasteiger partial charge in [0.1, 0.15) is 24.9 Å². The number of aliphatic hydroxyl groups excluding tert-OH is 2. The minimum Gasteiger partial charge on any atom is -0.394 e. The molecular weight excluding hydrogens is 316 g/mol. The lowest BCUT2D eigenvalue weighted by Gasteiger charge is -2.49. The average molecular weight is 342 g/mol. The topological polar surface area (TPSA) is 83.9 Å². The Balaban J connectivity index is 1.37. The van der Waals surface area contributed by atoms with Gasteiger partial charge in [-0.15, -0.1) is 0 Å². The van der Waals surface area contributed by atoms with Gasteiger partial charge in [-0.2, -0.15) is 0 Å². The van der Waals surface area contributed by atoms with Crippen LogP contribution in [0.25, 0.3) is 0 Å². The van der Waals surface area contributed by atoms with E-state index in [9.17, 15) is 10.2 Å². The van der Waals surface area contributed by atoms with Gasteiger partial charge in [0.25, 0.3) is 0 Å². The van der Waals surface area contributed by atoms with Crippen LogP contribution in [0.15, 0.2) is 0 Å². The first-order chi connectivity index (χ1) is 11.6. The number of aliphatic hydroxyl groups is 2. The average Bonchev–Trinajstić information content (AvgIpc) is 3.34. The zero-order valence-corrected chi connectivity index (χ0v) is 13.9. The summed E-state index contributed by atoms with van der Waals surface area (Å²) < 4.78 is 23.8. The fraction of sp³-hybridized carbons (Fsp3) is 1.00. The lowest BCUT2D eigenvalue weighted by molar-refractivity contribution is -0.197. The van der Waals surface area contributed by atoms with Crippen molar-refractivity contribution in [3.8, 4) is 0 Å². The molecule has 5 rings (SSSR count). The largest absolute Gasteiger partial charge is 0.394 e. The van der Waals surface area contributed by atoms with Crippen LogP contribution in [-0.4, -0.2) is 95.6 Å². The molecule has 0 unspecified atom stereocenters. The van der Waals surface area contributed by atoms with Crippen molar-refractivity contribution in [1.29, 1.82) is 0 Å². The Bertz CT molecular complexity index is 479. The van der Waals surface area contributed by atoms with E-state index in [1.54, 1.807) is 0 Å². The highest BCUT2D eigenvalue weighted by Crippen LogP contribution is 2.53. The van der Waals surface area contributed by atoms with Gasteiger partial charge in [0.15, 0.2) is 0 Å². The smallest absolute Gasteiger partial charge is 0.124 e. The van der Waals surface area contributed by atoms with Gasteiger partial charge in [-0.05, 0) is 25.7 Å². The van der Waals surface area contributed by atoms with Crippen LogP contribution in [0, 0.1) is 0 Å². The molecule has 2 spiro atoms. The molecule has 24 heavy (non-hydrogen) atoms. The van der Waals surface area contributed by atoms with Crippen LogP contribution in [0.1, 0.15) is 25.7 Å². The van der Waals surface area contributed by atoms with Crippen LogP contribution < -0.4 is 0 Å². The van der Waals surface area contributed by atoms with E-state index in [1.807, 2.05) is 0 Å². The summed E-state index contributed by atoms with van der Waals surface area (Å²) in [6.07, 6.45) is 3.32. The molecule has 8 heteroatoms. The highest BCUT2D eigenvalue weighted by Gasteiger charge is 2.65. The van der Waals surface area contributed by atoms with E-state index in [-0.39, 0.29) is 35.7 Å². The highest BCUT2D eigenvalue weighted by atomic mass is 16.6. The maximum Gasteiger partial charge on any atom is 0.124 e. The quantitative estimate of drug-likeness (QED) is 0.665. The van der Waals surface area contributed by atoms with Crippen molar-refractivity contribution in [3.05, 3.63) is 0 Å².